The third kappa shape index (κ3) is 1.10. The lowest BCUT2D eigenvalue weighted by Crippen LogP contribution is -2.31. The van der Waals surface area contributed by atoms with E-state index in [0.717, 1.165) is 0 Å². The van der Waals surface area contributed by atoms with Crippen molar-refractivity contribution in [2.75, 3.05) is 0 Å². The second kappa shape index (κ2) is 2.58. The monoisotopic (exact) mass is 179 g/mol. The third-order valence-corrected chi connectivity index (χ3v) is 3.43. The molecule has 1 aliphatic carbocycles. The molecule has 1 fully saturated rings. The van der Waals surface area contributed by atoms with Crippen LogP contribution in [0, 0.1) is 6.92 Å². The number of aromatic nitrogens is 2. The molecular formula is C10H17N3. The van der Waals surface area contributed by atoms with Gasteiger partial charge in [0.05, 0.1) is 6.20 Å². The molecule has 13 heavy (non-hydrogen) atoms. The zero-order valence-corrected chi connectivity index (χ0v) is 8.54. The molecule has 1 unspecified atom stereocenters. The van der Waals surface area contributed by atoms with Gasteiger partial charge in [0.25, 0.3) is 0 Å². The fourth-order valence-electron chi connectivity index (χ4n) is 2.09. The Morgan fingerprint density at radius 1 is 1.62 bits per heavy atom. The van der Waals surface area contributed by atoms with Gasteiger partial charge in [-0.15, -0.1) is 0 Å². The fraction of sp³-hybridized carbons (Fsp3) is 0.700. The number of hydrogen-bond acceptors (Lipinski definition) is 2. The maximum atomic E-state index is 6.01. The Balaban J connectivity index is 2.41. The molecule has 0 aromatic carbocycles. The first kappa shape index (κ1) is 8.75. The van der Waals surface area contributed by atoms with E-state index in [-0.39, 0.29) is 11.5 Å². The van der Waals surface area contributed by atoms with Crippen LogP contribution >= 0.6 is 0 Å². The van der Waals surface area contributed by atoms with Crippen molar-refractivity contribution in [1.29, 1.82) is 0 Å². The number of nitrogens with two attached hydrogens (primary N) is 1. The summed E-state index contributed by atoms with van der Waals surface area (Å²) in [5, 5.41) is 4.27. The summed E-state index contributed by atoms with van der Waals surface area (Å²) in [5.41, 5.74) is 8.87. The van der Waals surface area contributed by atoms with Gasteiger partial charge in [0.1, 0.15) is 0 Å². The molecule has 2 N–H and O–H groups in total. The van der Waals surface area contributed by atoms with Crippen molar-refractivity contribution in [1.82, 2.24) is 9.78 Å². The first-order valence-electron chi connectivity index (χ1n) is 4.82. The number of nitrogens with zero attached hydrogens (tertiary/aromatic N) is 2. The lowest BCUT2D eigenvalue weighted by Gasteiger charge is -2.19. The van der Waals surface area contributed by atoms with Gasteiger partial charge in [-0.25, -0.2) is 0 Å². The van der Waals surface area contributed by atoms with Crippen LogP contribution in [0.3, 0.4) is 0 Å². The van der Waals surface area contributed by atoms with E-state index < -0.39 is 0 Å². The summed E-state index contributed by atoms with van der Waals surface area (Å²) in [4.78, 5) is 0. The Hall–Kier alpha value is -0.830. The van der Waals surface area contributed by atoms with Crippen LogP contribution in [-0.4, -0.2) is 15.8 Å². The third-order valence-electron chi connectivity index (χ3n) is 3.43. The quantitative estimate of drug-likeness (QED) is 0.739. The smallest absolute Gasteiger partial charge is 0.0530 e. The van der Waals surface area contributed by atoms with Crippen molar-refractivity contribution in [3.05, 3.63) is 17.5 Å². The van der Waals surface area contributed by atoms with Gasteiger partial charge in [0, 0.05) is 29.8 Å². The second-order valence-corrected chi connectivity index (χ2v) is 4.21. The maximum Gasteiger partial charge on any atom is 0.0530 e. The Morgan fingerprint density at radius 3 is 2.54 bits per heavy atom. The van der Waals surface area contributed by atoms with Crippen LogP contribution in [0.2, 0.25) is 0 Å². The summed E-state index contributed by atoms with van der Waals surface area (Å²) in [6.07, 6.45) is 4.42. The average Bonchev–Trinajstić information content (AvgIpc) is 2.80. The largest absolute Gasteiger partial charge is 0.327 e. The molecule has 2 rings (SSSR count). The molecular weight excluding hydrogens is 162 g/mol. The van der Waals surface area contributed by atoms with Crippen LogP contribution in [0.25, 0.3) is 0 Å². The van der Waals surface area contributed by atoms with Gasteiger partial charge in [-0.3, -0.25) is 4.68 Å². The highest BCUT2D eigenvalue weighted by atomic mass is 15.3. The highest BCUT2D eigenvalue weighted by molar-refractivity contribution is 5.35. The summed E-state index contributed by atoms with van der Waals surface area (Å²) < 4.78 is 1.93. The van der Waals surface area contributed by atoms with Crippen molar-refractivity contribution < 1.29 is 0 Å². The van der Waals surface area contributed by atoms with E-state index in [1.807, 2.05) is 17.9 Å². The number of rotatable bonds is 2. The Bertz CT molecular complexity index is 321. The molecule has 1 aliphatic rings. The Morgan fingerprint density at radius 2 is 2.23 bits per heavy atom. The van der Waals surface area contributed by atoms with E-state index in [1.54, 1.807) is 0 Å². The predicted octanol–water partition coefficient (Wildman–Crippen LogP) is 1.11. The number of aryl methyl sites for hydroxylation is 1. The molecule has 1 aromatic rings. The molecule has 1 saturated carbocycles. The van der Waals surface area contributed by atoms with Crippen LogP contribution in [0.1, 0.15) is 31.0 Å². The summed E-state index contributed by atoms with van der Waals surface area (Å²) in [6.45, 7) is 4.21. The molecule has 0 aliphatic heterocycles. The van der Waals surface area contributed by atoms with Crippen molar-refractivity contribution in [2.24, 2.45) is 12.8 Å². The molecule has 3 nitrogen and oxygen atoms in total. The second-order valence-electron chi connectivity index (χ2n) is 4.21. The van der Waals surface area contributed by atoms with Crippen molar-refractivity contribution in [3.8, 4) is 0 Å². The number of hydrogen-bond donors (Lipinski definition) is 1. The van der Waals surface area contributed by atoms with Crippen molar-refractivity contribution in [2.45, 2.75) is 38.1 Å². The first-order chi connectivity index (χ1) is 6.08. The van der Waals surface area contributed by atoms with Crippen molar-refractivity contribution in [3.63, 3.8) is 0 Å². The molecule has 1 aromatic heterocycles. The zero-order chi connectivity index (χ0) is 9.64. The molecule has 0 bridgehead atoms. The van der Waals surface area contributed by atoms with Crippen LogP contribution in [-0.2, 0) is 12.5 Å². The van der Waals surface area contributed by atoms with E-state index in [2.05, 4.69) is 18.9 Å². The molecule has 1 atom stereocenters. The van der Waals surface area contributed by atoms with E-state index >= 15 is 0 Å². The minimum Gasteiger partial charge on any atom is -0.327 e. The molecule has 0 saturated heterocycles. The van der Waals surface area contributed by atoms with E-state index in [0.29, 0.717) is 0 Å². The molecule has 0 amide bonds. The lowest BCUT2D eigenvalue weighted by atomic mass is 9.90. The Kier molecular flexibility index (Phi) is 1.74. The van der Waals surface area contributed by atoms with Crippen LogP contribution < -0.4 is 5.73 Å². The van der Waals surface area contributed by atoms with Gasteiger partial charge < -0.3 is 5.73 Å². The van der Waals surface area contributed by atoms with Gasteiger partial charge in [-0.05, 0) is 26.7 Å². The fourth-order valence-corrected chi connectivity index (χ4v) is 2.09. The standard InChI is InChI=1S/C10H17N3/c1-7-9(6-12-13(7)3)10(4-5-10)8(2)11/h6,8H,4-5,11H2,1-3H3. The normalized spacial score (nSPS) is 21.5. The van der Waals surface area contributed by atoms with Gasteiger partial charge in [-0.1, -0.05) is 0 Å². The van der Waals surface area contributed by atoms with Crippen LogP contribution in [0.5, 0.6) is 0 Å². The summed E-state index contributed by atoms with van der Waals surface area (Å²) in [5.74, 6) is 0. The average molecular weight is 179 g/mol. The van der Waals surface area contributed by atoms with Gasteiger partial charge >= 0.3 is 0 Å². The minimum absolute atomic E-state index is 0.246. The topological polar surface area (TPSA) is 43.8 Å². The lowest BCUT2D eigenvalue weighted by molar-refractivity contribution is 0.552. The highest BCUT2D eigenvalue weighted by Gasteiger charge is 2.49. The first-order valence-corrected chi connectivity index (χ1v) is 4.82. The molecule has 72 valence electrons. The summed E-state index contributed by atoms with van der Waals surface area (Å²) in [6, 6.07) is 0.246. The SMILES string of the molecule is Cc1c(C2(C(C)N)CC2)cnn1C. The maximum absolute atomic E-state index is 6.01. The van der Waals surface area contributed by atoms with Crippen LogP contribution in [0.15, 0.2) is 6.20 Å². The van der Waals surface area contributed by atoms with Gasteiger partial charge in [0.15, 0.2) is 0 Å². The summed E-state index contributed by atoms with van der Waals surface area (Å²) in [7, 11) is 1.98. The van der Waals surface area contributed by atoms with E-state index in [4.69, 9.17) is 5.73 Å². The van der Waals surface area contributed by atoms with Gasteiger partial charge in [-0.2, -0.15) is 5.10 Å². The van der Waals surface area contributed by atoms with E-state index in [1.165, 1.54) is 24.1 Å². The zero-order valence-electron chi connectivity index (χ0n) is 8.54. The molecule has 1 heterocycles. The minimum atomic E-state index is 0.246. The van der Waals surface area contributed by atoms with E-state index in [9.17, 15) is 0 Å². The van der Waals surface area contributed by atoms with Crippen molar-refractivity contribution >= 4 is 0 Å². The Labute approximate surface area is 78.9 Å². The summed E-state index contributed by atoms with van der Waals surface area (Å²) >= 11 is 0. The predicted molar refractivity (Wildman–Crippen MR) is 52.5 cm³/mol. The highest BCUT2D eigenvalue weighted by Crippen LogP contribution is 2.51. The van der Waals surface area contributed by atoms with Crippen LogP contribution in [0.4, 0.5) is 0 Å². The molecule has 0 radical (unpaired) electrons. The molecule has 3 heteroatoms. The molecule has 0 spiro atoms. The van der Waals surface area contributed by atoms with Gasteiger partial charge in [0.2, 0.25) is 0 Å².